The van der Waals surface area contributed by atoms with Gasteiger partial charge in [0.05, 0.1) is 11.8 Å². The highest BCUT2D eigenvalue weighted by molar-refractivity contribution is 5.66. The minimum atomic E-state index is 0.493. The molecule has 0 aromatic carbocycles. The molecule has 14 heavy (non-hydrogen) atoms. The molecular weight excluding hydrogens is 180 g/mol. The minimum absolute atomic E-state index is 0.493. The number of rotatable bonds is 3. The molecule has 0 aliphatic rings. The molecule has 0 amide bonds. The van der Waals surface area contributed by atoms with Gasteiger partial charge in [-0.1, -0.05) is 6.92 Å². The smallest absolute Gasteiger partial charge is 0.186 e. The van der Waals surface area contributed by atoms with E-state index in [0.29, 0.717) is 11.6 Å². The largest absolute Gasteiger partial charge is 0.383 e. The molecule has 0 atom stereocenters. The predicted molar refractivity (Wildman–Crippen MR) is 52.4 cm³/mol. The van der Waals surface area contributed by atoms with Gasteiger partial charge < -0.3 is 5.73 Å². The van der Waals surface area contributed by atoms with Crippen molar-refractivity contribution in [3.63, 3.8) is 0 Å². The van der Waals surface area contributed by atoms with Crippen LogP contribution in [0.1, 0.15) is 19.2 Å². The Morgan fingerprint density at radius 3 is 2.93 bits per heavy atom. The van der Waals surface area contributed by atoms with Crippen LogP contribution in [-0.4, -0.2) is 25.4 Å². The van der Waals surface area contributed by atoms with E-state index < -0.39 is 0 Å². The normalized spacial score (nSPS) is 10.6. The average molecular weight is 192 g/mol. The monoisotopic (exact) mass is 192 g/mol. The first-order valence-corrected chi connectivity index (χ1v) is 4.51. The minimum Gasteiger partial charge on any atom is -0.383 e. The van der Waals surface area contributed by atoms with Crippen LogP contribution in [0.4, 0.5) is 5.82 Å². The lowest BCUT2D eigenvalue weighted by molar-refractivity contribution is 0.841. The molecule has 0 saturated heterocycles. The first-order valence-electron chi connectivity index (χ1n) is 4.51. The lowest BCUT2D eigenvalue weighted by Gasteiger charge is -1.89. The summed E-state index contributed by atoms with van der Waals surface area (Å²) >= 11 is 0. The molecule has 0 bridgehead atoms. The number of aryl methyl sites for hydroxylation is 1. The second-order valence-electron chi connectivity index (χ2n) is 3.05. The topological polar surface area (TPSA) is 96.3 Å². The second-order valence-corrected chi connectivity index (χ2v) is 3.05. The molecule has 4 N–H and O–H groups in total. The van der Waals surface area contributed by atoms with E-state index in [9.17, 15) is 0 Å². The summed E-state index contributed by atoms with van der Waals surface area (Å²) in [6.07, 6.45) is 3.55. The molecule has 0 saturated carbocycles. The van der Waals surface area contributed by atoms with Crippen LogP contribution in [0.25, 0.3) is 11.4 Å². The van der Waals surface area contributed by atoms with E-state index in [1.54, 1.807) is 6.20 Å². The fraction of sp³-hybridized carbons (Fsp3) is 0.375. The zero-order chi connectivity index (χ0) is 9.97. The molecule has 2 aromatic heterocycles. The van der Waals surface area contributed by atoms with Gasteiger partial charge in [-0.15, -0.1) is 0 Å². The maximum absolute atomic E-state index is 5.64. The fourth-order valence-electron chi connectivity index (χ4n) is 1.24. The summed E-state index contributed by atoms with van der Waals surface area (Å²) in [7, 11) is 0. The lowest BCUT2D eigenvalue weighted by Crippen LogP contribution is -1.89. The van der Waals surface area contributed by atoms with Crippen molar-refractivity contribution in [2.75, 3.05) is 5.73 Å². The van der Waals surface area contributed by atoms with Crippen molar-refractivity contribution in [2.45, 2.75) is 19.8 Å². The molecule has 6 nitrogen and oxygen atoms in total. The fourth-order valence-corrected chi connectivity index (χ4v) is 1.24. The quantitative estimate of drug-likeness (QED) is 0.667. The summed E-state index contributed by atoms with van der Waals surface area (Å²) in [5.74, 6) is 1.97. The third kappa shape index (κ3) is 1.46. The number of H-pyrrole nitrogens is 2. The van der Waals surface area contributed by atoms with Crippen molar-refractivity contribution < 1.29 is 0 Å². The molecule has 2 aromatic rings. The molecule has 74 valence electrons. The van der Waals surface area contributed by atoms with Gasteiger partial charge >= 0.3 is 0 Å². The lowest BCUT2D eigenvalue weighted by atomic mass is 10.3. The summed E-state index contributed by atoms with van der Waals surface area (Å²) < 4.78 is 0. The van der Waals surface area contributed by atoms with Crippen molar-refractivity contribution in [3.05, 3.63) is 12.0 Å². The maximum atomic E-state index is 5.64. The van der Waals surface area contributed by atoms with Crippen LogP contribution in [0.15, 0.2) is 6.20 Å². The molecule has 0 radical (unpaired) electrons. The van der Waals surface area contributed by atoms with Gasteiger partial charge in [-0.25, -0.2) is 4.98 Å². The number of nitrogens with zero attached hydrogens (tertiary/aromatic N) is 3. The zero-order valence-corrected chi connectivity index (χ0v) is 7.91. The molecule has 0 aliphatic heterocycles. The van der Waals surface area contributed by atoms with Crippen LogP contribution in [0.5, 0.6) is 0 Å². The van der Waals surface area contributed by atoms with Crippen LogP contribution in [0.2, 0.25) is 0 Å². The number of nitrogens with two attached hydrogens (primary N) is 1. The van der Waals surface area contributed by atoms with E-state index in [1.807, 2.05) is 0 Å². The molecule has 0 fully saturated rings. The Labute approximate surface area is 80.9 Å². The standard InChI is InChI=1S/C8H12N6/c1-2-3-6-11-8(14-12-6)5-4-10-13-7(5)9/h4H,2-3H2,1H3,(H3,9,10,13)(H,11,12,14). The van der Waals surface area contributed by atoms with Crippen LogP contribution in [-0.2, 0) is 6.42 Å². The van der Waals surface area contributed by atoms with E-state index >= 15 is 0 Å². The molecule has 0 unspecified atom stereocenters. The highest BCUT2D eigenvalue weighted by Gasteiger charge is 2.09. The SMILES string of the molecule is CCCc1nc(-c2cn[nH]c2N)n[nH]1. The van der Waals surface area contributed by atoms with Crippen molar-refractivity contribution in [3.8, 4) is 11.4 Å². The van der Waals surface area contributed by atoms with Gasteiger partial charge in [-0.3, -0.25) is 10.2 Å². The summed E-state index contributed by atoms with van der Waals surface area (Å²) in [6, 6.07) is 0. The summed E-state index contributed by atoms with van der Waals surface area (Å²) in [5, 5.41) is 13.4. The summed E-state index contributed by atoms with van der Waals surface area (Å²) in [4.78, 5) is 4.30. The van der Waals surface area contributed by atoms with E-state index in [4.69, 9.17) is 5.73 Å². The Bertz CT molecular complexity index is 415. The molecule has 0 aliphatic carbocycles. The molecule has 2 heterocycles. The number of aromatic nitrogens is 5. The van der Waals surface area contributed by atoms with Gasteiger partial charge in [0.15, 0.2) is 5.82 Å². The number of hydrogen-bond acceptors (Lipinski definition) is 4. The van der Waals surface area contributed by atoms with Gasteiger partial charge in [-0.2, -0.15) is 10.2 Å². The summed E-state index contributed by atoms with van der Waals surface area (Å²) in [5.41, 5.74) is 6.38. The third-order valence-corrected chi connectivity index (χ3v) is 1.93. The predicted octanol–water partition coefficient (Wildman–Crippen LogP) is 0.729. The van der Waals surface area contributed by atoms with E-state index in [1.165, 1.54) is 0 Å². The van der Waals surface area contributed by atoms with Crippen LogP contribution < -0.4 is 5.73 Å². The van der Waals surface area contributed by atoms with Crippen molar-refractivity contribution in [2.24, 2.45) is 0 Å². The van der Waals surface area contributed by atoms with Crippen molar-refractivity contribution in [1.82, 2.24) is 25.4 Å². The van der Waals surface area contributed by atoms with Crippen LogP contribution in [0, 0.1) is 0 Å². The van der Waals surface area contributed by atoms with Gasteiger partial charge in [0.25, 0.3) is 0 Å². The Balaban J connectivity index is 2.29. The molecule has 2 rings (SSSR count). The zero-order valence-electron chi connectivity index (χ0n) is 7.91. The Morgan fingerprint density at radius 2 is 2.29 bits per heavy atom. The Morgan fingerprint density at radius 1 is 1.43 bits per heavy atom. The molecule has 6 heteroatoms. The number of anilines is 1. The van der Waals surface area contributed by atoms with Gasteiger partial charge in [0.1, 0.15) is 11.6 Å². The van der Waals surface area contributed by atoms with Gasteiger partial charge in [-0.05, 0) is 6.42 Å². The highest BCUT2D eigenvalue weighted by atomic mass is 15.2. The van der Waals surface area contributed by atoms with E-state index in [2.05, 4.69) is 32.3 Å². The van der Waals surface area contributed by atoms with Crippen molar-refractivity contribution >= 4 is 5.82 Å². The number of hydrogen-bond donors (Lipinski definition) is 3. The van der Waals surface area contributed by atoms with Crippen LogP contribution in [0.3, 0.4) is 0 Å². The van der Waals surface area contributed by atoms with E-state index in [0.717, 1.165) is 24.2 Å². The highest BCUT2D eigenvalue weighted by Crippen LogP contribution is 2.18. The maximum Gasteiger partial charge on any atom is 0.186 e. The Hall–Kier alpha value is -1.85. The van der Waals surface area contributed by atoms with Gasteiger partial charge in [0, 0.05) is 6.42 Å². The molecule has 0 spiro atoms. The molecular formula is C8H12N6. The first kappa shape index (κ1) is 8.74. The van der Waals surface area contributed by atoms with Gasteiger partial charge in [0.2, 0.25) is 0 Å². The number of nitrogen functional groups attached to an aromatic ring is 1. The van der Waals surface area contributed by atoms with Crippen molar-refractivity contribution in [1.29, 1.82) is 0 Å². The summed E-state index contributed by atoms with van der Waals surface area (Å²) in [6.45, 7) is 2.09. The number of aromatic amines is 2. The second kappa shape index (κ2) is 3.49. The number of nitrogens with one attached hydrogen (secondary N) is 2. The first-order chi connectivity index (χ1) is 6.81. The Kier molecular flexibility index (Phi) is 2.18. The van der Waals surface area contributed by atoms with E-state index in [-0.39, 0.29) is 0 Å². The van der Waals surface area contributed by atoms with Crippen LogP contribution >= 0.6 is 0 Å². The average Bonchev–Trinajstić information content (AvgIpc) is 2.74. The third-order valence-electron chi connectivity index (χ3n) is 1.93.